The molecule has 1 saturated heterocycles. The van der Waals surface area contributed by atoms with Crippen LogP contribution in [0, 0.1) is 6.92 Å². The van der Waals surface area contributed by atoms with Crippen molar-refractivity contribution in [3.8, 4) is 0 Å². The van der Waals surface area contributed by atoms with Crippen LogP contribution in [0.1, 0.15) is 24.0 Å². The zero-order chi connectivity index (χ0) is 16.9. The van der Waals surface area contributed by atoms with Crippen LogP contribution in [0.3, 0.4) is 0 Å². The summed E-state index contributed by atoms with van der Waals surface area (Å²) >= 11 is 3.45. The first kappa shape index (κ1) is 17.1. The van der Waals surface area contributed by atoms with Crippen molar-refractivity contribution in [3.63, 3.8) is 0 Å². The Morgan fingerprint density at radius 1 is 1.33 bits per heavy atom. The van der Waals surface area contributed by atoms with Crippen LogP contribution in [0.5, 0.6) is 0 Å². The van der Waals surface area contributed by atoms with Crippen molar-refractivity contribution in [1.29, 1.82) is 0 Å². The van der Waals surface area contributed by atoms with Gasteiger partial charge in [-0.1, -0.05) is 15.9 Å². The molecular weight excluding hydrogens is 368 g/mol. The molecule has 0 saturated carbocycles. The number of benzene rings is 1. The Labute approximate surface area is 151 Å². The number of hydrogen-bond donors (Lipinski definition) is 0. The van der Waals surface area contributed by atoms with Crippen LogP contribution in [0.2, 0.25) is 0 Å². The number of ether oxygens (including phenoxy) is 1. The fourth-order valence-corrected chi connectivity index (χ4v) is 3.17. The Morgan fingerprint density at radius 3 is 2.79 bits per heavy atom. The van der Waals surface area contributed by atoms with Crippen LogP contribution in [0.25, 0.3) is 0 Å². The van der Waals surface area contributed by atoms with Crippen LogP contribution in [-0.2, 0) is 16.0 Å². The lowest BCUT2D eigenvalue weighted by Crippen LogP contribution is -2.38. The fraction of sp³-hybridized carbons (Fsp3) is 0.368. The molecule has 0 aliphatic carbocycles. The van der Waals surface area contributed by atoms with E-state index in [4.69, 9.17) is 4.74 Å². The third kappa shape index (κ3) is 4.22. The van der Waals surface area contributed by atoms with Gasteiger partial charge in [0.2, 0.25) is 5.91 Å². The number of nitrogens with zero attached hydrogens (tertiary/aromatic N) is 2. The van der Waals surface area contributed by atoms with Gasteiger partial charge in [0.1, 0.15) is 0 Å². The Hall–Kier alpha value is -1.72. The van der Waals surface area contributed by atoms with Crippen molar-refractivity contribution in [2.45, 2.75) is 32.3 Å². The average Bonchev–Trinajstić information content (AvgIpc) is 3.09. The Balaban J connectivity index is 1.81. The average molecular weight is 389 g/mol. The molecule has 0 N–H and O–H groups in total. The first-order chi connectivity index (χ1) is 11.6. The molecule has 126 valence electrons. The highest BCUT2D eigenvalue weighted by atomic mass is 79.9. The van der Waals surface area contributed by atoms with Crippen LogP contribution >= 0.6 is 15.9 Å². The molecule has 2 heterocycles. The van der Waals surface area contributed by atoms with Crippen molar-refractivity contribution in [3.05, 3.63) is 58.3 Å². The summed E-state index contributed by atoms with van der Waals surface area (Å²) in [5.74, 6) is 0.0731. The monoisotopic (exact) mass is 388 g/mol. The van der Waals surface area contributed by atoms with E-state index in [-0.39, 0.29) is 12.0 Å². The van der Waals surface area contributed by atoms with Gasteiger partial charge in [0, 0.05) is 29.2 Å². The second-order valence-corrected chi connectivity index (χ2v) is 7.01. The van der Waals surface area contributed by atoms with E-state index in [9.17, 15) is 4.79 Å². The molecule has 1 atom stereocenters. The van der Waals surface area contributed by atoms with E-state index in [1.165, 1.54) is 0 Å². The quantitative estimate of drug-likeness (QED) is 0.779. The fourth-order valence-electron chi connectivity index (χ4n) is 2.90. The highest BCUT2D eigenvalue weighted by Gasteiger charge is 2.24. The minimum Gasteiger partial charge on any atom is -0.376 e. The van der Waals surface area contributed by atoms with E-state index in [2.05, 4.69) is 20.9 Å². The van der Waals surface area contributed by atoms with Gasteiger partial charge in [-0.3, -0.25) is 9.78 Å². The summed E-state index contributed by atoms with van der Waals surface area (Å²) in [5.41, 5.74) is 2.96. The number of halogens is 1. The molecule has 0 radical (unpaired) electrons. The number of anilines is 1. The third-order valence-electron chi connectivity index (χ3n) is 4.34. The van der Waals surface area contributed by atoms with E-state index < -0.39 is 0 Å². The normalized spacial score (nSPS) is 17.0. The summed E-state index contributed by atoms with van der Waals surface area (Å²) in [4.78, 5) is 19.0. The molecular formula is C19H21BrN2O2. The van der Waals surface area contributed by atoms with E-state index in [0.717, 1.165) is 40.7 Å². The summed E-state index contributed by atoms with van der Waals surface area (Å²) in [7, 11) is 0. The Morgan fingerprint density at radius 2 is 2.12 bits per heavy atom. The first-order valence-corrected chi connectivity index (χ1v) is 9.00. The van der Waals surface area contributed by atoms with E-state index in [1.54, 1.807) is 12.4 Å². The Bertz CT molecular complexity index is 697. The summed E-state index contributed by atoms with van der Waals surface area (Å²) in [6, 6.07) is 9.79. The standard InChI is InChI=1S/C19H21BrN2O2/c1-14-8-9-21-12-15(14)11-19(23)22(13-18-3-2-10-24-18)17-6-4-16(20)5-7-17/h4-9,12,18H,2-3,10-11,13H2,1H3. The molecule has 0 bridgehead atoms. The molecule has 1 aromatic carbocycles. The molecule has 24 heavy (non-hydrogen) atoms. The third-order valence-corrected chi connectivity index (χ3v) is 4.87. The predicted octanol–water partition coefficient (Wildman–Crippen LogP) is 3.91. The van der Waals surface area contributed by atoms with E-state index in [0.29, 0.717) is 13.0 Å². The highest BCUT2D eigenvalue weighted by Crippen LogP contribution is 2.23. The number of aromatic nitrogens is 1. The number of amides is 1. The predicted molar refractivity (Wildman–Crippen MR) is 98.1 cm³/mol. The van der Waals surface area contributed by atoms with Gasteiger partial charge in [-0.25, -0.2) is 0 Å². The molecule has 1 aliphatic heterocycles. The smallest absolute Gasteiger partial charge is 0.231 e. The maximum Gasteiger partial charge on any atom is 0.231 e. The number of pyridine rings is 1. The largest absolute Gasteiger partial charge is 0.376 e. The molecule has 4 nitrogen and oxygen atoms in total. The molecule has 1 amide bonds. The van der Waals surface area contributed by atoms with Gasteiger partial charge < -0.3 is 9.64 Å². The van der Waals surface area contributed by atoms with Crippen molar-refractivity contribution in [1.82, 2.24) is 4.98 Å². The second kappa shape index (κ2) is 7.90. The van der Waals surface area contributed by atoms with E-state index in [1.807, 2.05) is 42.2 Å². The number of carbonyl (C=O) groups excluding carboxylic acids is 1. The zero-order valence-electron chi connectivity index (χ0n) is 13.7. The van der Waals surface area contributed by atoms with Crippen molar-refractivity contribution >= 4 is 27.5 Å². The summed E-state index contributed by atoms with van der Waals surface area (Å²) in [6.07, 6.45) is 6.07. The van der Waals surface area contributed by atoms with Crippen LogP contribution < -0.4 is 4.90 Å². The summed E-state index contributed by atoms with van der Waals surface area (Å²) < 4.78 is 6.74. The molecule has 0 spiro atoms. The maximum atomic E-state index is 13.0. The second-order valence-electron chi connectivity index (χ2n) is 6.09. The minimum atomic E-state index is 0.0731. The highest BCUT2D eigenvalue weighted by molar-refractivity contribution is 9.10. The van der Waals surface area contributed by atoms with Crippen LogP contribution in [-0.4, -0.2) is 30.1 Å². The van der Waals surface area contributed by atoms with Crippen molar-refractivity contribution in [2.75, 3.05) is 18.1 Å². The van der Waals surface area contributed by atoms with Gasteiger partial charge in [-0.15, -0.1) is 0 Å². The SMILES string of the molecule is Cc1ccncc1CC(=O)N(CC1CCCO1)c1ccc(Br)cc1. The lowest BCUT2D eigenvalue weighted by molar-refractivity contribution is -0.118. The minimum absolute atomic E-state index is 0.0731. The Kier molecular flexibility index (Phi) is 5.63. The maximum absolute atomic E-state index is 13.0. The van der Waals surface area contributed by atoms with Gasteiger partial charge in [0.05, 0.1) is 19.1 Å². The number of rotatable bonds is 5. The van der Waals surface area contributed by atoms with Gasteiger partial charge in [0.15, 0.2) is 0 Å². The van der Waals surface area contributed by atoms with Crippen LogP contribution in [0.4, 0.5) is 5.69 Å². The summed E-state index contributed by atoms with van der Waals surface area (Å²) in [5, 5.41) is 0. The van der Waals surface area contributed by atoms with Gasteiger partial charge in [-0.05, 0) is 61.2 Å². The summed E-state index contributed by atoms with van der Waals surface area (Å²) in [6.45, 7) is 3.39. The molecule has 1 aromatic heterocycles. The number of hydrogen-bond acceptors (Lipinski definition) is 3. The molecule has 1 aliphatic rings. The van der Waals surface area contributed by atoms with Crippen LogP contribution in [0.15, 0.2) is 47.2 Å². The lowest BCUT2D eigenvalue weighted by Gasteiger charge is -2.26. The van der Waals surface area contributed by atoms with E-state index >= 15 is 0 Å². The lowest BCUT2D eigenvalue weighted by atomic mass is 10.1. The number of aryl methyl sites for hydroxylation is 1. The molecule has 1 fully saturated rings. The topological polar surface area (TPSA) is 42.4 Å². The molecule has 1 unspecified atom stereocenters. The molecule has 3 rings (SSSR count). The first-order valence-electron chi connectivity index (χ1n) is 8.20. The van der Waals surface area contributed by atoms with Crippen molar-refractivity contribution in [2.24, 2.45) is 0 Å². The van der Waals surface area contributed by atoms with Gasteiger partial charge in [0.25, 0.3) is 0 Å². The van der Waals surface area contributed by atoms with Gasteiger partial charge in [-0.2, -0.15) is 0 Å². The zero-order valence-corrected chi connectivity index (χ0v) is 15.3. The molecule has 5 heteroatoms. The number of carbonyl (C=O) groups is 1. The molecule has 2 aromatic rings. The van der Waals surface area contributed by atoms with Gasteiger partial charge >= 0.3 is 0 Å². The van der Waals surface area contributed by atoms with Crippen molar-refractivity contribution < 1.29 is 9.53 Å².